The number of anilines is 1. The molecule has 0 unspecified atom stereocenters. The maximum absolute atomic E-state index is 13.4. The molecule has 3 rings (SSSR count). The van der Waals surface area contributed by atoms with Crippen molar-refractivity contribution < 1.29 is 17.6 Å². The first-order chi connectivity index (χ1) is 12.0. The number of carbonyl (C=O) groups excluding carboxylic acids is 1. The maximum Gasteiger partial charge on any atom is 0.256 e. The number of carbonyl (C=O) groups is 1. The summed E-state index contributed by atoms with van der Waals surface area (Å²) >= 11 is 0. The molecule has 1 aromatic carbocycles. The number of nitrogens with zero attached hydrogens (tertiary/aromatic N) is 2. The number of aromatic nitrogens is 2. The van der Waals surface area contributed by atoms with Crippen molar-refractivity contribution in [1.29, 1.82) is 0 Å². The first kappa shape index (κ1) is 18.6. The predicted molar refractivity (Wildman–Crippen MR) is 97.6 cm³/mol. The third-order valence-electron chi connectivity index (χ3n) is 4.39. The van der Waals surface area contributed by atoms with E-state index in [0.717, 1.165) is 11.8 Å². The lowest BCUT2D eigenvalue weighted by atomic mass is 9.92. The Morgan fingerprint density at radius 3 is 2.62 bits per heavy atom. The number of sulfone groups is 1. The topological polar surface area (TPSA) is 81.1 Å². The molecular weight excluding hydrogens is 357 g/mol. The highest BCUT2D eigenvalue weighted by atomic mass is 32.2. The van der Waals surface area contributed by atoms with Gasteiger partial charge in [0.15, 0.2) is 9.84 Å². The smallest absolute Gasteiger partial charge is 0.256 e. The van der Waals surface area contributed by atoms with Gasteiger partial charge in [0.2, 0.25) is 0 Å². The Morgan fingerprint density at radius 2 is 2.04 bits per heavy atom. The summed E-state index contributed by atoms with van der Waals surface area (Å²) in [5.74, 6) is -0.428. The molecule has 1 amide bonds. The van der Waals surface area contributed by atoms with Crippen molar-refractivity contribution in [2.75, 3.05) is 16.8 Å². The van der Waals surface area contributed by atoms with Gasteiger partial charge in [0.1, 0.15) is 11.6 Å². The number of amides is 1. The Hall–Kier alpha value is -2.22. The van der Waals surface area contributed by atoms with Crippen LogP contribution in [0.1, 0.15) is 49.3 Å². The Labute approximate surface area is 152 Å². The van der Waals surface area contributed by atoms with Gasteiger partial charge in [-0.2, -0.15) is 5.10 Å². The highest BCUT2D eigenvalue weighted by Crippen LogP contribution is 2.31. The van der Waals surface area contributed by atoms with Gasteiger partial charge < -0.3 is 5.32 Å². The minimum absolute atomic E-state index is 0.00109. The molecule has 0 radical (unpaired) electrons. The number of rotatable bonds is 3. The monoisotopic (exact) mass is 379 g/mol. The standard InChI is InChI=1S/C18H22FN3O3S/c1-18(2,3)15-10-16(20-17(23)12-5-4-6-13(19)9-12)22(21-15)14-7-8-26(24,25)11-14/h4-6,9-10,14H,7-8,11H2,1-3H3,(H,20,23)/t14-/m0/s1. The summed E-state index contributed by atoms with van der Waals surface area (Å²) in [4.78, 5) is 12.5. The fourth-order valence-corrected chi connectivity index (χ4v) is 4.61. The fourth-order valence-electron chi connectivity index (χ4n) is 2.92. The summed E-state index contributed by atoms with van der Waals surface area (Å²) < 4.78 is 38.6. The van der Waals surface area contributed by atoms with Crippen LogP contribution in [0.4, 0.5) is 10.2 Å². The summed E-state index contributed by atoms with van der Waals surface area (Å²) in [6.45, 7) is 5.97. The predicted octanol–water partition coefficient (Wildman–Crippen LogP) is 2.93. The van der Waals surface area contributed by atoms with E-state index in [4.69, 9.17) is 0 Å². The Morgan fingerprint density at radius 1 is 1.31 bits per heavy atom. The molecule has 0 bridgehead atoms. The van der Waals surface area contributed by atoms with Crippen LogP contribution in [0.5, 0.6) is 0 Å². The molecule has 1 aromatic heterocycles. The van der Waals surface area contributed by atoms with E-state index >= 15 is 0 Å². The second-order valence-electron chi connectivity index (χ2n) is 7.63. The highest BCUT2D eigenvalue weighted by molar-refractivity contribution is 7.91. The molecule has 8 heteroatoms. The van der Waals surface area contributed by atoms with Crippen LogP contribution < -0.4 is 5.32 Å². The van der Waals surface area contributed by atoms with Crippen molar-refractivity contribution in [3.8, 4) is 0 Å². The van der Waals surface area contributed by atoms with E-state index in [1.165, 1.54) is 18.2 Å². The van der Waals surface area contributed by atoms with Gasteiger partial charge in [-0.25, -0.2) is 17.5 Å². The summed E-state index contributed by atoms with van der Waals surface area (Å²) in [6, 6.07) is 6.83. The van der Waals surface area contributed by atoms with Crippen molar-refractivity contribution in [3.63, 3.8) is 0 Å². The maximum atomic E-state index is 13.4. The van der Waals surface area contributed by atoms with E-state index in [2.05, 4.69) is 10.4 Å². The lowest BCUT2D eigenvalue weighted by Crippen LogP contribution is -2.20. The van der Waals surface area contributed by atoms with E-state index in [1.54, 1.807) is 10.7 Å². The largest absolute Gasteiger partial charge is 0.307 e. The minimum Gasteiger partial charge on any atom is -0.307 e. The molecule has 1 saturated heterocycles. The van der Waals surface area contributed by atoms with Crippen LogP contribution >= 0.6 is 0 Å². The lowest BCUT2D eigenvalue weighted by Gasteiger charge is -2.15. The number of hydrogen-bond acceptors (Lipinski definition) is 4. The highest BCUT2D eigenvalue weighted by Gasteiger charge is 2.33. The normalized spacial score (nSPS) is 19.5. The van der Waals surface area contributed by atoms with Crippen LogP contribution in [-0.2, 0) is 15.3 Å². The van der Waals surface area contributed by atoms with Crippen molar-refractivity contribution in [3.05, 3.63) is 47.4 Å². The molecule has 140 valence electrons. The quantitative estimate of drug-likeness (QED) is 0.889. The van der Waals surface area contributed by atoms with Gasteiger partial charge in [-0.1, -0.05) is 26.8 Å². The first-order valence-corrected chi connectivity index (χ1v) is 10.2. The lowest BCUT2D eigenvalue weighted by molar-refractivity contribution is 0.102. The fraction of sp³-hybridized carbons (Fsp3) is 0.444. The number of nitrogens with one attached hydrogen (secondary N) is 1. The molecule has 6 nitrogen and oxygen atoms in total. The van der Waals surface area contributed by atoms with E-state index in [9.17, 15) is 17.6 Å². The van der Waals surface area contributed by atoms with Crippen molar-refractivity contribution >= 4 is 21.6 Å². The van der Waals surface area contributed by atoms with Crippen LogP contribution in [0.15, 0.2) is 30.3 Å². The zero-order valence-electron chi connectivity index (χ0n) is 15.0. The summed E-state index contributed by atoms with van der Waals surface area (Å²) in [5, 5.41) is 7.31. The summed E-state index contributed by atoms with van der Waals surface area (Å²) in [7, 11) is -3.10. The van der Waals surface area contributed by atoms with Crippen LogP contribution in [0, 0.1) is 5.82 Å². The zero-order valence-corrected chi connectivity index (χ0v) is 15.8. The van der Waals surface area contributed by atoms with Gasteiger partial charge in [-0.3, -0.25) is 4.79 Å². The van der Waals surface area contributed by atoms with Crippen LogP contribution in [0.2, 0.25) is 0 Å². The number of benzene rings is 1. The van der Waals surface area contributed by atoms with Crippen LogP contribution in [0.25, 0.3) is 0 Å². The second kappa shape index (κ2) is 6.50. The SMILES string of the molecule is CC(C)(C)c1cc(NC(=O)c2cccc(F)c2)n([C@H]2CCS(=O)(=O)C2)n1. The van der Waals surface area contributed by atoms with Gasteiger partial charge in [0, 0.05) is 17.0 Å². The average molecular weight is 379 g/mol. The third-order valence-corrected chi connectivity index (χ3v) is 6.14. The van der Waals surface area contributed by atoms with Gasteiger partial charge in [0.05, 0.1) is 23.2 Å². The molecule has 1 fully saturated rings. The van der Waals surface area contributed by atoms with Crippen LogP contribution in [0.3, 0.4) is 0 Å². The number of hydrogen-bond donors (Lipinski definition) is 1. The molecule has 1 aliphatic rings. The summed E-state index contributed by atoms with van der Waals surface area (Å²) in [6.07, 6.45) is 0.455. The van der Waals surface area contributed by atoms with Gasteiger partial charge >= 0.3 is 0 Å². The van der Waals surface area contributed by atoms with Gasteiger partial charge in [-0.05, 0) is 24.6 Å². The van der Waals surface area contributed by atoms with Crippen molar-refractivity contribution in [2.45, 2.75) is 38.6 Å². The molecule has 26 heavy (non-hydrogen) atoms. The first-order valence-electron chi connectivity index (χ1n) is 8.42. The van der Waals surface area contributed by atoms with Gasteiger partial charge in [0.25, 0.3) is 5.91 Å². The zero-order chi connectivity index (χ0) is 19.1. The summed E-state index contributed by atoms with van der Waals surface area (Å²) in [5.41, 5.74) is 0.673. The van der Waals surface area contributed by atoms with Crippen molar-refractivity contribution in [1.82, 2.24) is 9.78 Å². The molecule has 2 aromatic rings. The van der Waals surface area contributed by atoms with E-state index < -0.39 is 21.6 Å². The minimum atomic E-state index is -3.10. The van der Waals surface area contributed by atoms with Gasteiger partial charge in [-0.15, -0.1) is 0 Å². The van der Waals surface area contributed by atoms with E-state index in [-0.39, 0.29) is 28.5 Å². The Bertz CT molecular complexity index is 945. The van der Waals surface area contributed by atoms with E-state index in [0.29, 0.717) is 12.2 Å². The van der Waals surface area contributed by atoms with Crippen molar-refractivity contribution in [2.24, 2.45) is 0 Å². The molecule has 1 aliphatic heterocycles. The third kappa shape index (κ3) is 3.95. The van der Waals surface area contributed by atoms with E-state index in [1.807, 2.05) is 20.8 Å². The molecule has 0 aliphatic carbocycles. The number of halogens is 1. The molecule has 2 heterocycles. The Balaban J connectivity index is 1.94. The molecule has 0 spiro atoms. The van der Waals surface area contributed by atoms with Crippen LogP contribution in [-0.4, -0.2) is 35.6 Å². The molecule has 1 N–H and O–H groups in total. The molecule has 0 saturated carbocycles. The average Bonchev–Trinajstić information content (AvgIpc) is 3.10. The Kier molecular flexibility index (Phi) is 4.64. The molecular formula is C18H22FN3O3S. The second-order valence-corrected chi connectivity index (χ2v) is 9.86. The molecule has 1 atom stereocenters.